The first-order chi connectivity index (χ1) is 37.6. The molecule has 0 aromatic carbocycles. The highest BCUT2D eigenvalue weighted by Gasteiger charge is 2.50. The molecule has 6 unspecified atom stereocenters. The molecule has 1 fully saturated rings. The van der Waals surface area contributed by atoms with Gasteiger partial charge in [0.2, 0.25) is 0 Å². The lowest BCUT2D eigenvalue weighted by Gasteiger charge is -2.40. The second-order valence-electron chi connectivity index (χ2n) is 21.0. The van der Waals surface area contributed by atoms with Crippen molar-refractivity contribution in [2.75, 3.05) is 13.2 Å². The number of hydrogen-bond donors (Lipinski definition) is 3. The van der Waals surface area contributed by atoms with Crippen molar-refractivity contribution in [3.05, 3.63) is 72.9 Å². The van der Waals surface area contributed by atoms with Crippen LogP contribution in [0.1, 0.15) is 265 Å². The van der Waals surface area contributed by atoms with E-state index >= 15 is 0 Å². The average Bonchev–Trinajstić information content (AvgIpc) is 3.42. The van der Waals surface area contributed by atoms with Crippen molar-refractivity contribution in [2.45, 2.75) is 302 Å². The number of esters is 3. The number of carboxylic acids is 1. The first-order valence-electron chi connectivity index (χ1n) is 30.9. The van der Waals surface area contributed by atoms with Crippen molar-refractivity contribution >= 4 is 23.9 Å². The fraction of sp³-hybridized carbons (Fsp3) is 0.754. The maximum atomic E-state index is 13.2. The standard InChI is InChI=1S/C65H110O12/c1-4-7-10-13-16-19-22-24-26-28-29-31-32-34-37-39-42-45-48-51-57(66)73-54-56(75-58(67)52-49-46-43-41-38-35-33-30-27-25-23-20-17-14-11-8-5-2)55-74-65-63(61(70)60(69)62(77-65)64(71)72)76-59(68)53-50-47-44-40-36-21-18-15-12-9-6-3/h8,11,16-17,19-20,24-27,29,31,56,60-63,65,69-70H,4-7,9-10,12-15,18,21-23,28,30,32-55H2,1-3H3,(H,71,72)/b11-8-,19-16-,20-17-,26-24-,27-25-,31-29-. The normalized spacial score (nSPS) is 18.5. The Morgan fingerprint density at radius 1 is 0.442 bits per heavy atom. The number of hydrogen-bond acceptors (Lipinski definition) is 11. The number of unbranched alkanes of at least 4 members (excludes halogenated alkanes) is 26. The summed E-state index contributed by atoms with van der Waals surface area (Å²) in [5, 5.41) is 31.5. The minimum absolute atomic E-state index is 0.0587. The molecule has 0 spiro atoms. The Labute approximate surface area is 468 Å². The largest absolute Gasteiger partial charge is 0.479 e. The third-order valence-electron chi connectivity index (χ3n) is 13.8. The number of carbonyl (C=O) groups is 4. The van der Waals surface area contributed by atoms with E-state index in [0.29, 0.717) is 19.3 Å². The molecule has 12 heteroatoms. The summed E-state index contributed by atoms with van der Waals surface area (Å²) in [6.45, 7) is 5.84. The van der Waals surface area contributed by atoms with Crippen molar-refractivity contribution < 1.29 is 58.2 Å². The third-order valence-corrected chi connectivity index (χ3v) is 13.8. The van der Waals surface area contributed by atoms with Crippen molar-refractivity contribution in [2.24, 2.45) is 0 Å². The molecule has 1 saturated heterocycles. The van der Waals surface area contributed by atoms with Gasteiger partial charge in [-0.1, -0.05) is 229 Å². The van der Waals surface area contributed by atoms with E-state index in [2.05, 4.69) is 93.7 Å². The lowest BCUT2D eigenvalue weighted by atomic mass is 9.98. The predicted molar refractivity (Wildman–Crippen MR) is 312 cm³/mol. The topological polar surface area (TPSA) is 175 Å². The number of ether oxygens (including phenoxy) is 5. The SMILES string of the molecule is CC/C=C\C/C=C\C/C=C\CCCCCCCCCC(=O)OC(COC(=O)CCCCCCCC/C=C\C/C=C\C/C=C\CCCCC)COC1OC(C(=O)O)C(O)C(O)C1OC(=O)CCCCCCCCCCCCC. The van der Waals surface area contributed by atoms with E-state index in [1.165, 1.54) is 64.2 Å². The van der Waals surface area contributed by atoms with Gasteiger partial charge in [-0.25, -0.2) is 4.79 Å². The molecule has 0 saturated carbocycles. The fourth-order valence-corrected chi connectivity index (χ4v) is 9.04. The van der Waals surface area contributed by atoms with Crippen LogP contribution in [0.2, 0.25) is 0 Å². The van der Waals surface area contributed by atoms with Crippen LogP contribution in [-0.4, -0.2) is 89.2 Å². The van der Waals surface area contributed by atoms with Crippen LogP contribution < -0.4 is 0 Å². The maximum Gasteiger partial charge on any atom is 0.335 e. The van der Waals surface area contributed by atoms with Gasteiger partial charge in [0.05, 0.1) is 6.61 Å². The summed E-state index contributed by atoms with van der Waals surface area (Å²) in [5.41, 5.74) is 0. The molecule has 1 aliphatic rings. The lowest BCUT2D eigenvalue weighted by Crippen LogP contribution is -2.61. The van der Waals surface area contributed by atoms with Gasteiger partial charge in [0.1, 0.15) is 18.8 Å². The molecule has 0 aromatic heterocycles. The summed E-state index contributed by atoms with van der Waals surface area (Å²) in [6.07, 6.45) is 54.4. The molecule has 1 heterocycles. The highest BCUT2D eigenvalue weighted by Crippen LogP contribution is 2.26. The Bertz CT molecular complexity index is 1620. The van der Waals surface area contributed by atoms with E-state index in [4.69, 9.17) is 23.7 Å². The zero-order valence-corrected chi connectivity index (χ0v) is 48.7. The quantitative estimate of drug-likeness (QED) is 0.0228. The lowest BCUT2D eigenvalue weighted by molar-refractivity contribution is -0.301. The minimum atomic E-state index is -1.91. The Morgan fingerprint density at radius 3 is 1.27 bits per heavy atom. The molecule has 0 radical (unpaired) electrons. The molecule has 77 heavy (non-hydrogen) atoms. The molecule has 0 amide bonds. The summed E-state index contributed by atoms with van der Waals surface area (Å²) in [7, 11) is 0. The molecular weight excluding hydrogens is 973 g/mol. The summed E-state index contributed by atoms with van der Waals surface area (Å²) in [5.74, 6) is -3.14. The minimum Gasteiger partial charge on any atom is -0.479 e. The molecule has 442 valence electrons. The number of aliphatic carboxylic acids is 1. The Hall–Kier alpha value is -3.84. The van der Waals surface area contributed by atoms with E-state index < -0.39 is 67.3 Å². The second-order valence-corrected chi connectivity index (χ2v) is 21.0. The Balaban J connectivity index is 2.68. The number of carboxylic acid groups (broad SMARTS) is 1. The molecule has 1 rings (SSSR count). The number of aliphatic hydroxyl groups is 2. The summed E-state index contributed by atoms with van der Waals surface area (Å²) < 4.78 is 28.4. The fourth-order valence-electron chi connectivity index (χ4n) is 9.04. The average molecular weight is 1080 g/mol. The molecule has 3 N–H and O–H groups in total. The van der Waals surface area contributed by atoms with Gasteiger partial charge in [-0.05, 0) is 89.9 Å². The Kier molecular flexibility index (Phi) is 48.8. The predicted octanol–water partition coefficient (Wildman–Crippen LogP) is 16.1. The molecule has 0 aliphatic carbocycles. The van der Waals surface area contributed by atoms with E-state index in [1.807, 2.05) is 0 Å². The summed E-state index contributed by atoms with van der Waals surface area (Å²) in [6, 6.07) is 0. The Morgan fingerprint density at radius 2 is 0.818 bits per heavy atom. The van der Waals surface area contributed by atoms with Gasteiger partial charge in [0, 0.05) is 19.3 Å². The van der Waals surface area contributed by atoms with Gasteiger partial charge in [-0.2, -0.15) is 0 Å². The van der Waals surface area contributed by atoms with Crippen LogP contribution in [0.5, 0.6) is 0 Å². The first-order valence-corrected chi connectivity index (χ1v) is 30.9. The molecule has 6 atom stereocenters. The van der Waals surface area contributed by atoms with E-state index in [9.17, 15) is 34.5 Å². The van der Waals surface area contributed by atoms with Crippen molar-refractivity contribution in [1.82, 2.24) is 0 Å². The zero-order chi connectivity index (χ0) is 56.1. The monoisotopic (exact) mass is 1080 g/mol. The van der Waals surface area contributed by atoms with Crippen molar-refractivity contribution in [1.29, 1.82) is 0 Å². The number of rotatable bonds is 52. The van der Waals surface area contributed by atoms with Crippen LogP contribution >= 0.6 is 0 Å². The van der Waals surface area contributed by atoms with Crippen LogP contribution in [0.15, 0.2) is 72.9 Å². The van der Waals surface area contributed by atoms with Crippen LogP contribution in [0, 0.1) is 0 Å². The molecular formula is C65H110O12. The third kappa shape index (κ3) is 42.7. The number of aliphatic hydroxyl groups excluding tert-OH is 2. The summed E-state index contributed by atoms with van der Waals surface area (Å²) >= 11 is 0. The van der Waals surface area contributed by atoms with Gasteiger partial charge in [0.25, 0.3) is 0 Å². The first kappa shape index (κ1) is 71.2. The van der Waals surface area contributed by atoms with Crippen LogP contribution in [0.25, 0.3) is 0 Å². The van der Waals surface area contributed by atoms with Crippen LogP contribution in [-0.2, 0) is 42.9 Å². The van der Waals surface area contributed by atoms with Crippen molar-refractivity contribution in [3.63, 3.8) is 0 Å². The number of allylic oxidation sites excluding steroid dienone is 12. The molecule has 12 nitrogen and oxygen atoms in total. The van der Waals surface area contributed by atoms with Crippen LogP contribution in [0.4, 0.5) is 0 Å². The molecule has 0 aromatic rings. The van der Waals surface area contributed by atoms with Gasteiger partial charge in [-0.15, -0.1) is 0 Å². The smallest absolute Gasteiger partial charge is 0.335 e. The van der Waals surface area contributed by atoms with Crippen LogP contribution in [0.3, 0.4) is 0 Å². The highest BCUT2D eigenvalue weighted by molar-refractivity contribution is 5.74. The molecule has 0 bridgehead atoms. The highest BCUT2D eigenvalue weighted by atomic mass is 16.7. The molecule has 1 aliphatic heterocycles. The van der Waals surface area contributed by atoms with Gasteiger partial charge < -0.3 is 39.0 Å². The second kappa shape index (κ2) is 52.8. The number of carbonyl (C=O) groups excluding carboxylic acids is 3. The summed E-state index contributed by atoms with van der Waals surface area (Å²) in [4.78, 5) is 51.2. The van der Waals surface area contributed by atoms with Gasteiger partial charge in [0.15, 0.2) is 24.6 Å². The maximum absolute atomic E-state index is 13.2. The van der Waals surface area contributed by atoms with Gasteiger partial charge in [-0.3, -0.25) is 14.4 Å². The van der Waals surface area contributed by atoms with Gasteiger partial charge >= 0.3 is 23.9 Å². The van der Waals surface area contributed by atoms with E-state index in [1.54, 1.807) is 0 Å². The van der Waals surface area contributed by atoms with E-state index in [0.717, 1.165) is 141 Å². The van der Waals surface area contributed by atoms with Crippen molar-refractivity contribution in [3.8, 4) is 0 Å². The zero-order valence-electron chi connectivity index (χ0n) is 48.7. The van der Waals surface area contributed by atoms with E-state index in [-0.39, 0.29) is 25.9 Å².